The highest BCUT2D eigenvalue weighted by Crippen LogP contribution is 2.31. The third-order valence-corrected chi connectivity index (χ3v) is 7.77. The van der Waals surface area contributed by atoms with Gasteiger partial charge in [0.05, 0.1) is 21.7 Å². The molecule has 0 spiro atoms. The van der Waals surface area contributed by atoms with Crippen molar-refractivity contribution in [3.63, 3.8) is 0 Å². The second-order valence-electron chi connectivity index (χ2n) is 7.88. The lowest BCUT2D eigenvalue weighted by Crippen LogP contribution is -2.19. The van der Waals surface area contributed by atoms with Crippen molar-refractivity contribution in [3.8, 4) is 0 Å². The Hall–Kier alpha value is -3.02. The highest BCUT2D eigenvalue weighted by molar-refractivity contribution is 7.97. The van der Waals surface area contributed by atoms with Crippen LogP contribution in [0.25, 0.3) is 0 Å². The molecule has 184 valence electrons. The van der Waals surface area contributed by atoms with Crippen LogP contribution < -0.4 is 10.0 Å². The minimum atomic E-state index is -4.69. The van der Waals surface area contributed by atoms with Gasteiger partial charge in [-0.2, -0.15) is 13.2 Å². The van der Waals surface area contributed by atoms with Gasteiger partial charge >= 0.3 is 6.18 Å². The molecule has 11 heteroatoms. The van der Waals surface area contributed by atoms with Crippen LogP contribution in [0, 0.1) is 0 Å². The van der Waals surface area contributed by atoms with Gasteiger partial charge in [0, 0.05) is 23.7 Å². The van der Waals surface area contributed by atoms with Gasteiger partial charge in [-0.3, -0.25) is 9.52 Å². The van der Waals surface area contributed by atoms with Gasteiger partial charge in [-0.15, -0.1) is 0 Å². The average Bonchev–Trinajstić information content (AvgIpc) is 3.33. The number of hydrogen-bond donors (Lipinski definition) is 2. The van der Waals surface area contributed by atoms with Crippen molar-refractivity contribution in [2.45, 2.75) is 28.8 Å². The maximum atomic E-state index is 13.0. The molecule has 0 radical (unpaired) electrons. The normalized spacial score (nSPS) is 14.6. The van der Waals surface area contributed by atoms with Gasteiger partial charge in [0.15, 0.2) is 0 Å². The summed E-state index contributed by atoms with van der Waals surface area (Å²) in [4.78, 5) is 13.4. The van der Waals surface area contributed by atoms with E-state index in [4.69, 9.17) is 0 Å². The van der Waals surface area contributed by atoms with Crippen molar-refractivity contribution in [2.75, 3.05) is 23.1 Å². The predicted molar refractivity (Wildman–Crippen MR) is 130 cm³/mol. The Bertz CT molecular complexity index is 1310. The number of sulfonamides is 1. The molecule has 0 aromatic heterocycles. The number of benzene rings is 3. The molecular weight excluding hydrogens is 499 g/mol. The van der Waals surface area contributed by atoms with Crippen LogP contribution in [0.4, 0.5) is 24.5 Å². The summed E-state index contributed by atoms with van der Waals surface area (Å²) < 4.78 is 69.1. The standard InChI is InChI=1S/C24H22F3N3O3S2/c25-24(26,27)17-6-5-7-20(16-17)35(32,33)29-22-9-2-1-8-21(22)23(31)28-18-10-12-19(13-11-18)34-30-14-3-4-15-30/h1-2,5-13,16,29H,3-4,14-15H2,(H,28,31). The van der Waals surface area contributed by atoms with E-state index >= 15 is 0 Å². The van der Waals surface area contributed by atoms with E-state index in [1.54, 1.807) is 30.1 Å². The number of carbonyl (C=O) groups excluding carboxylic acids is 1. The molecule has 0 atom stereocenters. The third kappa shape index (κ3) is 6.36. The lowest BCUT2D eigenvalue weighted by Gasteiger charge is -2.15. The van der Waals surface area contributed by atoms with Gasteiger partial charge in [0.1, 0.15) is 0 Å². The molecule has 1 heterocycles. The molecule has 4 rings (SSSR count). The first kappa shape index (κ1) is 25.1. The zero-order valence-corrected chi connectivity index (χ0v) is 20.0. The van der Waals surface area contributed by atoms with Gasteiger partial charge in [0.2, 0.25) is 0 Å². The van der Waals surface area contributed by atoms with Crippen molar-refractivity contribution in [1.82, 2.24) is 4.31 Å². The molecule has 2 N–H and O–H groups in total. The zero-order chi connectivity index (χ0) is 25.1. The highest BCUT2D eigenvalue weighted by Gasteiger charge is 2.32. The summed E-state index contributed by atoms with van der Waals surface area (Å²) in [6.07, 6.45) is -2.33. The van der Waals surface area contributed by atoms with E-state index in [1.165, 1.54) is 31.0 Å². The molecule has 3 aromatic carbocycles. The van der Waals surface area contributed by atoms with Crippen molar-refractivity contribution in [1.29, 1.82) is 0 Å². The summed E-state index contributed by atoms with van der Waals surface area (Å²) in [5.41, 5.74) is -0.587. The molecule has 0 aliphatic carbocycles. The lowest BCUT2D eigenvalue weighted by molar-refractivity contribution is -0.137. The van der Waals surface area contributed by atoms with Gasteiger partial charge < -0.3 is 5.32 Å². The van der Waals surface area contributed by atoms with Crippen LogP contribution in [0.2, 0.25) is 0 Å². The largest absolute Gasteiger partial charge is 0.416 e. The van der Waals surface area contributed by atoms with Gasteiger partial charge in [-0.1, -0.05) is 18.2 Å². The smallest absolute Gasteiger partial charge is 0.322 e. The molecule has 1 aliphatic rings. The van der Waals surface area contributed by atoms with Crippen LogP contribution in [0.1, 0.15) is 28.8 Å². The Morgan fingerprint density at radius 1 is 0.914 bits per heavy atom. The molecule has 0 unspecified atom stereocenters. The van der Waals surface area contributed by atoms with Crippen LogP contribution in [-0.4, -0.2) is 31.7 Å². The van der Waals surface area contributed by atoms with Gasteiger partial charge in [0.25, 0.3) is 15.9 Å². The third-order valence-electron chi connectivity index (χ3n) is 5.30. The molecule has 0 saturated carbocycles. The van der Waals surface area contributed by atoms with Crippen molar-refractivity contribution < 1.29 is 26.4 Å². The van der Waals surface area contributed by atoms with Crippen LogP contribution >= 0.6 is 11.9 Å². The number of alkyl halides is 3. The van der Waals surface area contributed by atoms with E-state index in [0.717, 1.165) is 36.2 Å². The Labute approximate surface area is 205 Å². The lowest BCUT2D eigenvalue weighted by atomic mass is 10.1. The first-order valence-electron chi connectivity index (χ1n) is 10.8. The molecular formula is C24H22F3N3O3S2. The number of rotatable bonds is 7. The van der Waals surface area contributed by atoms with Crippen molar-refractivity contribution >= 4 is 39.3 Å². The fourth-order valence-corrected chi connectivity index (χ4v) is 5.66. The summed E-state index contributed by atoms with van der Waals surface area (Å²) in [5.74, 6) is -0.563. The molecule has 1 aliphatic heterocycles. The Kier molecular flexibility index (Phi) is 7.39. The Morgan fingerprint density at radius 3 is 2.29 bits per heavy atom. The minimum absolute atomic E-state index is 0.0265. The SMILES string of the molecule is O=C(Nc1ccc(SN2CCCC2)cc1)c1ccccc1NS(=O)(=O)c1cccc(C(F)(F)F)c1. The number of anilines is 2. The molecule has 1 saturated heterocycles. The first-order valence-corrected chi connectivity index (χ1v) is 13.0. The number of para-hydroxylation sites is 1. The number of hydrogen-bond acceptors (Lipinski definition) is 5. The molecule has 6 nitrogen and oxygen atoms in total. The van der Waals surface area contributed by atoms with E-state index < -0.39 is 32.6 Å². The maximum absolute atomic E-state index is 13.0. The molecule has 1 amide bonds. The molecule has 0 bridgehead atoms. The first-order chi connectivity index (χ1) is 16.6. The molecule has 35 heavy (non-hydrogen) atoms. The van der Waals surface area contributed by atoms with E-state index in [1.807, 2.05) is 12.1 Å². The quantitative estimate of drug-likeness (QED) is 0.381. The zero-order valence-electron chi connectivity index (χ0n) is 18.4. The predicted octanol–water partition coefficient (Wildman–Crippen LogP) is 5.86. The number of nitrogens with zero attached hydrogens (tertiary/aromatic N) is 1. The molecule has 3 aromatic rings. The van der Waals surface area contributed by atoms with Gasteiger partial charge in [-0.25, -0.2) is 12.7 Å². The highest BCUT2D eigenvalue weighted by atomic mass is 32.2. The van der Waals surface area contributed by atoms with E-state index in [9.17, 15) is 26.4 Å². The monoisotopic (exact) mass is 521 g/mol. The number of nitrogens with one attached hydrogen (secondary N) is 2. The summed E-state index contributed by atoms with van der Waals surface area (Å²) in [6.45, 7) is 2.08. The average molecular weight is 522 g/mol. The van der Waals surface area contributed by atoms with Crippen molar-refractivity contribution in [3.05, 3.63) is 83.9 Å². The van der Waals surface area contributed by atoms with Crippen LogP contribution in [0.5, 0.6) is 0 Å². The number of amides is 1. The van der Waals surface area contributed by atoms with E-state index in [0.29, 0.717) is 11.8 Å². The van der Waals surface area contributed by atoms with Crippen LogP contribution in [0.3, 0.4) is 0 Å². The minimum Gasteiger partial charge on any atom is -0.322 e. The summed E-state index contributed by atoms with van der Waals surface area (Å²) in [7, 11) is -4.38. The number of halogens is 3. The second-order valence-corrected chi connectivity index (χ2v) is 10.7. The Balaban J connectivity index is 1.49. The second kappa shape index (κ2) is 10.3. The Morgan fingerprint density at radius 2 is 1.60 bits per heavy atom. The topological polar surface area (TPSA) is 78.5 Å². The van der Waals surface area contributed by atoms with Gasteiger partial charge in [-0.05, 0) is 79.4 Å². The summed E-state index contributed by atoms with van der Waals surface area (Å²) in [5, 5.41) is 2.73. The molecule has 1 fully saturated rings. The fraction of sp³-hybridized carbons (Fsp3) is 0.208. The summed E-state index contributed by atoms with van der Waals surface area (Å²) >= 11 is 1.66. The fourth-order valence-electron chi connectivity index (χ4n) is 3.54. The summed E-state index contributed by atoms with van der Waals surface area (Å²) in [6, 6.07) is 16.6. The van der Waals surface area contributed by atoms with Crippen molar-refractivity contribution in [2.24, 2.45) is 0 Å². The maximum Gasteiger partial charge on any atom is 0.416 e. The number of carbonyl (C=O) groups is 1. The van der Waals surface area contributed by atoms with Crippen LogP contribution in [-0.2, 0) is 16.2 Å². The van der Waals surface area contributed by atoms with Crippen LogP contribution in [0.15, 0.2) is 82.6 Å². The van der Waals surface area contributed by atoms with E-state index in [2.05, 4.69) is 14.3 Å². The van der Waals surface area contributed by atoms with E-state index in [-0.39, 0.29) is 11.3 Å².